The maximum Gasteiger partial charge on any atom is 0.00927 e. The number of nitrogens with one attached hydrogen (secondary N) is 1. The third kappa shape index (κ3) is 4.06. The van der Waals surface area contributed by atoms with Crippen LogP contribution in [0.15, 0.2) is 0 Å². The Morgan fingerprint density at radius 2 is 1.88 bits per heavy atom. The second-order valence-electron chi connectivity index (χ2n) is 5.99. The van der Waals surface area contributed by atoms with E-state index in [0.717, 1.165) is 11.8 Å². The van der Waals surface area contributed by atoms with Crippen molar-refractivity contribution in [3.05, 3.63) is 0 Å². The highest BCUT2D eigenvalue weighted by Gasteiger charge is 2.24. The Hall–Kier alpha value is -0.0800. The fraction of sp³-hybridized carbons (Fsp3) is 1.00. The van der Waals surface area contributed by atoms with Gasteiger partial charge in [-0.25, -0.2) is 0 Å². The molecule has 0 aromatic carbocycles. The summed E-state index contributed by atoms with van der Waals surface area (Å²) in [5.74, 6) is 1.61. The van der Waals surface area contributed by atoms with Crippen LogP contribution in [0.4, 0.5) is 0 Å². The van der Waals surface area contributed by atoms with Crippen molar-refractivity contribution < 1.29 is 0 Å². The first kappa shape index (κ1) is 14.0. The molecule has 1 N–H and O–H groups in total. The molecule has 1 fully saturated rings. The molecule has 1 aliphatic heterocycles. The fourth-order valence-electron chi connectivity index (χ4n) is 2.61. The van der Waals surface area contributed by atoms with Crippen molar-refractivity contribution in [2.75, 3.05) is 19.6 Å². The Kier molecular flexibility index (Phi) is 5.77. The van der Waals surface area contributed by atoms with Gasteiger partial charge in [0.05, 0.1) is 0 Å². The van der Waals surface area contributed by atoms with Crippen LogP contribution in [0.25, 0.3) is 0 Å². The predicted octanol–water partition coefficient (Wildman–Crippen LogP) is 2.74. The first-order valence-electron chi connectivity index (χ1n) is 6.98. The Balaban J connectivity index is 2.49. The lowest BCUT2D eigenvalue weighted by atomic mass is 9.95. The molecule has 1 heterocycles. The number of nitrogens with zero attached hydrogens (tertiary/aromatic N) is 1. The Labute approximate surface area is 102 Å². The third-order valence-corrected chi connectivity index (χ3v) is 4.02. The van der Waals surface area contributed by atoms with Crippen LogP contribution >= 0.6 is 0 Å². The van der Waals surface area contributed by atoms with Crippen LogP contribution in [-0.2, 0) is 0 Å². The summed E-state index contributed by atoms with van der Waals surface area (Å²) in [6.07, 6.45) is 2.76. The van der Waals surface area contributed by atoms with Crippen molar-refractivity contribution in [3.63, 3.8) is 0 Å². The predicted molar refractivity (Wildman–Crippen MR) is 71.7 cm³/mol. The molecule has 0 spiro atoms. The van der Waals surface area contributed by atoms with E-state index in [9.17, 15) is 0 Å². The molecule has 0 aromatic rings. The molecule has 16 heavy (non-hydrogen) atoms. The molecule has 2 nitrogen and oxygen atoms in total. The molecule has 0 amide bonds. The van der Waals surface area contributed by atoms with Crippen LogP contribution in [0.2, 0.25) is 0 Å². The summed E-state index contributed by atoms with van der Waals surface area (Å²) < 4.78 is 0. The minimum absolute atomic E-state index is 0.666. The normalized spacial score (nSPS) is 24.4. The van der Waals surface area contributed by atoms with E-state index in [4.69, 9.17) is 0 Å². The van der Waals surface area contributed by atoms with Gasteiger partial charge in [0.15, 0.2) is 0 Å². The van der Waals surface area contributed by atoms with E-state index >= 15 is 0 Å². The molecule has 96 valence electrons. The van der Waals surface area contributed by atoms with Crippen molar-refractivity contribution in [1.82, 2.24) is 10.2 Å². The minimum Gasteiger partial charge on any atom is -0.316 e. The van der Waals surface area contributed by atoms with E-state index in [0.29, 0.717) is 12.1 Å². The smallest absolute Gasteiger partial charge is 0.00927 e. The largest absolute Gasteiger partial charge is 0.316 e. The van der Waals surface area contributed by atoms with Gasteiger partial charge in [-0.3, -0.25) is 4.90 Å². The van der Waals surface area contributed by atoms with Gasteiger partial charge in [0, 0.05) is 18.6 Å². The number of rotatable bonds is 5. The van der Waals surface area contributed by atoms with Gasteiger partial charge in [0.1, 0.15) is 0 Å². The molecular weight excluding hydrogens is 196 g/mol. The molecule has 1 aliphatic rings. The maximum absolute atomic E-state index is 3.52. The summed E-state index contributed by atoms with van der Waals surface area (Å²) in [4.78, 5) is 2.68. The van der Waals surface area contributed by atoms with Crippen molar-refractivity contribution in [3.8, 4) is 0 Å². The van der Waals surface area contributed by atoms with Gasteiger partial charge in [-0.05, 0) is 58.5 Å². The van der Waals surface area contributed by atoms with Crippen molar-refractivity contribution in [2.45, 2.75) is 59.5 Å². The average Bonchev–Trinajstić information content (AvgIpc) is 2.26. The molecule has 0 saturated carbocycles. The average molecular weight is 226 g/mol. The van der Waals surface area contributed by atoms with Crippen LogP contribution in [0.1, 0.15) is 47.5 Å². The van der Waals surface area contributed by atoms with Crippen LogP contribution in [0, 0.1) is 11.8 Å². The summed E-state index contributed by atoms with van der Waals surface area (Å²) in [6.45, 7) is 15.4. The first-order valence-corrected chi connectivity index (χ1v) is 6.98. The molecule has 2 heteroatoms. The molecule has 0 bridgehead atoms. The lowest BCUT2D eigenvalue weighted by molar-refractivity contribution is 0.100. The van der Waals surface area contributed by atoms with Crippen LogP contribution in [0.3, 0.4) is 0 Å². The second-order valence-corrected chi connectivity index (χ2v) is 5.99. The minimum atomic E-state index is 0.666. The number of piperidine rings is 1. The summed E-state index contributed by atoms with van der Waals surface area (Å²) in [7, 11) is 0. The Bertz CT molecular complexity index is 183. The summed E-state index contributed by atoms with van der Waals surface area (Å²) in [5, 5.41) is 3.52. The highest BCUT2D eigenvalue weighted by atomic mass is 15.2. The molecular formula is C14H30N2. The van der Waals surface area contributed by atoms with Crippen molar-refractivity contribution in [2.24, 2.45) is 11.8 Å². The van der Waals surface area contributed by atoms with E-state index in [2.05, 4.69) is 44.8 Å². The van der Waals surface area contributed by atoms with E-state index in [1.54, 1.807) is 0 Å². The maximum atomic E-state index is 3.52. The van der Waals surface area contributed by atoms with E-state index in [1.807, 2.05) is 0 Å². The lowest BCUT2D eigenvalue weighted by Crippen LogP contribution is -2.47. The zero-order chi connectivity index (χ0) is 12.1. The molecule has 0 radical (unpaired) electrons. The van der Waals surface area contributed by atoms with E-state index < -0.39 is 0 Å². The Morgan fingerprint density at radius 3 is 2.31 bits per heavy atom. The standard InChI is InChI=1S/C14H30N2/c1-11(2)13(5)16(12(3)4)10-14-7-6-8-15-9-14/h11-15H,6-10H2,1-5H3. The van der Waals surface area contributed by atoms with Crippen LogP contribution < -0.4 is 5.32 Å². The van der Waals surface area contributed by atoms with Gasteiger partial charge in [0.25, 0.3) is 0 Å². The zero-order valence-corrected chi connectivity index (χ0v) is 11.8. The van der Waals surface area contributed by atoms with Gasteiger partial charge in [-0.2, -0.15) is 0 Å². The van der Waals surface area contributed by atoms with Crippen molar-refractivity contribution >= 4 is 0 Å². The fourth-order valence-corrected chi connectivity index (χ4v) is 2.61. The van der Waals surface area contributed by atoms with Gasteiger partial charge >= 0.3 is 0 Å². The van der Waals surface area contributed by atoms with Crippen LogP contribution in [-0.4, -0.2) is 36.6 Å². The quantitative estimate of drug-likeness (QED) is 0.775. The molecule has 1 rings (SSSR count). The summed E-state index contributed by atoms with van der Waals surface area (Å²) >= 11 is 0. The highest BCUT2D eigenvalue weighted by molar-refractivity contribution is 4.79. The van der Waals surface area contributed by atoms with Gasteiger partial charge in [0.2, 0.25) is 0 Å². The third-order valence-electron chi connectivity index (χ3n) is 4.02. The lowest BCUT2D eigenvalue weighted by Gasteiger charge is -2.38. The monoisotopic (exact) mass is 226 g/mol. The van der Waals surface area contributed by atoms with Gasteiger partial charge in [-0.1, -0.05) is 13.8 Å². The van der Waals surface area contributed by atoms with E-state index in [1.165, 1.54) is 32.5 Å². The summed E-state index contributed by atoms with van der Waals surface area (Å²) in [5.41, 5.74) is 0. The van der Waals surface area contributed by atoms with E-state index in [-0.39, 0.29) is 0 Å². The molecule has 2 atom stereocenters. The summed E-state index contributed by atoms with van der Waals surface area (Å²) in [6, 6.07) is 1.36. The molecule has 2 unspecified atom stereocenters. The number of hydrogen-bond acceptors (Lipinski definition) is 2. The second kappa shape index (κ2) is 6.61. The highest BCUT2D eigenvalue weighted by Crippen LogP contribution is 2.19. The van der Waals surface area contributed by atoms with Crippen LogP contribution in [0.5, 0.6) is 0 Å². The number of hydrogen-bond donors (Lipinski definition) is 1. The van der Waals surface area contributed by atoms with Crippen molar-refractivity contribution in [1.29, 1.82) is 0 Å². The topological polar surface area (TPSA) is 15.3 Å². The zero-order valence-electron chi connectivity index (χ0n) is 11.8. The molecule has 0 aliphatic carbocycles. The SMILES string of the molecule is CC(C)C(C)N(CC1CCCNC1)C(C)C. The molecule has 0 aromatic heterocycles. The first-order chi connectivity index (χ1) is 7.52. The van der Waals surface area contributed by atoms with Gasteiger partial charge in [-0.15, -0.1) is 0 Å². The molecule has 1 saturated heterocycles. The van der Waals surface area contributed by atoms with Gasteiger partial charge < -0.3 is 5.32 Å². The Morgan fingerprint density at radius 1 is 1.19 bits per heavy atom.